The van der Waals surface area contributed by atoms with E-state index in [0.29, 0.717) is 15.7 Å². The van der Waals surface area contributed by atoms with Crippen molar-refractivity contribution >= 4 is 23.1 Å². The van der Waals surface area contributed by atoms with E-state index in [2.05, 4.69) is 37.5 Å². The quantitative estimate of drug-likeness (QED) is 0.728. The molecule has 3 aromatic rings. The molecule has 3 aromatic heterocycles. The van der Waals surface area contributed by atoms with Gasteiger partial charge in [-0.05, 0) is 41.6 Å². The Hall–Kier alpha value is -2.24. The van der Waals surface area contributed by atoms with Crippen molar-refractivity contribution in [3.8, 4) is 6.07 Å². The van der Waals surface area contributed by atoms with Gasteiger partial charge in [0.1, 0.15) is 16.9 Å². The largest absolute Gasteiger partial charge is 0.262 e. The maximum atomic E-state index is 9.53. The molecule has 122 valence electrons. The van der Waals surface area contributed by atoms with Gasteiger partial charge < -0.3 is 0 Å². The highest BCUT2D eigenvalue weighted by Gasteiger charge is 2.17. The van der Waals surface area contributed by atoms with Crippen LogP contribution in [0.1, 0.15) is 41.4 Å². The lowest BCUT2D eigenvalue weighted by molar-refractivity contribution is 0.815. The van der Waals surface area contributed by atoms with E-state index in [1.807, 2.05) is 25.3 Å². The molecule has 6 nitrogen and oxygen atoms in total. The molecule has 0 radical (unpaired) electrons. The highest BCUT2D eigenvalue weighted by molar-refractivity contribution is 7.99. The molecule has 0 bridgehead atoms. The Balaban J connectivity index is 1.84. The van der Waals surface area contributed by atoms with Crippen molar-refractivity contribution in [3.05, 3.63) is 45.0 Å². The van der Waals surface area contributed by atoms with E-state index >= 15 is 0 Å². The summed E-state index contributed by atoms with van der Waals surface area (Å²) in [5.74, 6) is 0.798. The fourth-order valence-corrected chi connectivity index (χ4v) is 3.89. The van der Waals surface area contributed by atoms with Gasteiger partial charge in [0, 0.05) is 11.3 Å². The van der Waals surface area contributed by atoms with Gasteiger partial charge in [0.05, 0.1) is 11.3 Å². The van der Waals surface area contributed by atoms with Crippen molar-refractivity contribution < 1.29 is 0 Å². The van der Waals surface area contributed by atoms with Gasteiger partial charge in [0.25, 0.3) is 0 Å². The molecular formula is C16H16N6S2. The molecule has 3 rings (SSSR count). The molecule has 0 spiro atoms. The zero-order valence-corrected chi connectivity index (χ0v) is 15.0. The predicted molar refractivity (Wildman–Crippen MR) is 93.1 cm³/mol. The number of hydrogen-bond acceptors (Lipinski definition) is 7. The molecule has 8 heteroatoms. The van der Waals surface area contributed by atoms with Crippen LogP contribution >= 0.6 is 23.1 Å². The summed E-state index contributed by atoms with van der Waals surface area (Å²) in [6.07, 6.45) is 2.24. The number of aromatic nitrogens is 5. The third-order valence-corrected chi connectivity index (χ3v) is 5.27. The molecule has 1 N–H and O–H groups in total. The van der Waals surface area contributed by atoms with E-state index < -0.39 is 0 Å². The van der Waals surface area contributed by atoms with Crippen LogP contribution in [-0.4, -0.2) is 25.4 Å². The van der Waals surface area contributed by atoms with E-state index in [9.17, 15) is 5.26 Å². The van der Waals surface area contributed by atoms with Crippen molar-refractivity contribution in [1.29, 1.82) is 5.26 Å². The standard InChI is InChI=1S/C16H16N6S2/c1-3-11-12(9-17)15(21-19-13(11)4-2)24-16-18-14(20-22-16)8-10-6-5-7-23-10/h5-7H,3-4,8H2,1-2H3,(H,18,20,22). The first-order valence-corrected chi connectivity index (χ1v) is 9.34. The van der Waals surface area contributed by atoms with Crippen LogP contribution in [0.25, 0.3) is 0 Å². The van der Waals surface area contributed by atoms with E-state index in [1.165, 1.54) is 16.6 Å². The lowest BCUT2D eigenvalue weighted by Gasteiger charge is -2.08. The molecule has 0 saturated heterocycles. The minimum atomic E-state index is 0.554. The van der Waals surface area contributed by atoms with Crippen LogP contribution in [-0.2, 0) is 19.3 Å². The zero-order valence-electron chi connectivity index (χ0n) is 13.4. The summed E-state index contributed by atoms with van der Waals surface area (Å²) in [4.78, 5) is 5.70. The van der Waals surface area contributed by atoms with E-state index in [-0.39, 0.29) is 0 Å². The summed E-state index contributed by atoms with van der Waals surface area (Å²) < 4.78 is 0. The molecule has 0 atom stereocenters. The van der Waals surface area contributed by atoms with Crippen molar-refractivity contribution in [2.75, 3.05) is 0 Å². The summed E-state index contributed by atoms with van der Waals surface area (Å²) in [5.41, 5.74) is 2.43. The molecule has 0 aliphatic heterocycles. The van der Waals surface area contributed by atoms with Crippen LogP contribution in [0, 0.1) is 11.3 Å². The second kappa shape index (κ2) is 7.55. The Labute approximate surface area is 148 Å². The maximum Gasteiger partial charge on any atom is 0.214 e. The molecule has 0 aromatic carbocycles. The highest BCUT2D eigenvalue weighted by Crippen LogP contribution is 2.29. The summed E-state index contributed by atoms with van der Waals surface area (Å²) in [7, 11) is 0. The second-order valence-electron chi connectivity index (χ2n) is 5.05. The first-order valence-electron chi connectivity index (χ1n) is 7.65. The average molecular weight is 356 g/mol. The first-order chi connectivity index (χ1) is 11.7. The summed E-state index contributed by atoms with van der Waals surface area (Å²) in [5, 5.41) is 28.3. The number of H-pyrrole nitrogens is 1. The predicted octanol–water partition coefficient (Wildman–Crippen LogP) is 3.39. The summed E-state index contributed by atoms with van der Waals surface area (Å²) in [6.45, 7) is 4.04. The van der Waals surface area contributed by atoms with Gasteiger partial charge in [-0.2, -0.15) is 10.4 Å². The number of rotatable bonds is 6. The molecule has 0 amide bonds. The van der Waals surface area contributed by atoms with Gasteiger partial charge >= 0.3 is 0 Å². The van der Waals surface area contributed by atoms with Crippen LogP contribution in [0.15, 0.2) is 27.7 Å². The fourth-order valence-electron chi connectivity index (χ4n) is 2.41. The molecule has 24 heavy (non-hydrogen) atoms. The van der Waals surface area contributed by atoms with E-state index in [0.717, 1.165) is 36.3 Å². The third-order valence-electron chi connectivity index (χ3n) is 3.55. The average Bonchev–Trinajstić information content (AvgIpc) is 3.26. The molecular weight excluding hydrogens is 340 g/mol. The first kappa shape index (κ1) is 16.6. The van der Waals surface area contributed by atoms with Gasteiger partial charge in [0.2, 0.25) is 5.16 Å². The normalized spacial score (nSPS) is 10.7. The number of nitrogens with zero attached hydrogens (tertiary/aromatic N) is 5. The minimum Gasteiger partial charge on any atom is -0.262 e. The van der Waals surface area contributed by atoms with Crippen molar-refractivity contribution in [2.24, 2.45) is 0 Å². The zero-order chi connectivity index (χ0) is 16.9. The molecule has 0 aliphatic rings. The van der Waals surface area contributed by atoms with Gasteiger partial charge in [-0.25, -0.2) is 4.98 Å². The fraction of sp³-hybridized carbons (Fsp3) is 0.312. The smallest absolute Gasteiger partial charge is 0.214 e. The summed E-state index contributed by atoms with van der Waals surface area (Å²) in [6, 6.07) is 6.35. The van der Waals surface area contributed by atoms with Crippen LogP contribution in [0.4, 0.5) is 0 Å². The number of thiophene rings is 1. The van der Waals surface area contributed by atoms with Crippen molar-refractivity contribution in [3.63, 3.8) is 0 Å². The van der Waals surface area contributed by atoms with Crippen LogP contribution in [0.5, 0.6) is 0 Å². The lowest BCUT2D eigenvalue weighted by atomic mass is 10.1. The molecule has 0 fully saturated rings. The molecule has 3 heterocycles. The highest BCUT2D eigenvalue weighted by atomic mass is 32.2. The van der Waals surface area contributed by atoms with Crippen LogP contribution in [0.3, 0.4) is 0 Å². The molecule has 0 aliphatic carbocycles. The Kier molecular flexibility index (Phi) is 5.23. The van der Waals surface area contributed by atoms with E-state index in [1.54, 1.807) is 11.3 Å². The Morgan fingerprint density at radius 1 is 1.29 bits per heavy atom. The minimum absolute atomic E-state index is 0.554. The Morgan fingerprint density at radius 3 is 2.83 bits per heavy atom. The number of aryl methyl sites for hydroxylation is 1. The SMILES string of the molecule is CCc1nnc(Sc2n[nH]c(Cc3cccs3)n2)c(C#N)c1CC. The van der Waals surface area contributed by atoms with Gasteiger partial charge in [0.15, 0.2) is 0 Å². The van der Waals surface area contributed by atoms with Crippen molar-refractivity contribution in [1.82, 2.24) is 25.4 Å². The van der Waals surface area contributed by atoms with Crippen LogP contribution in [0.2, 0.25) is 0 Å². The Morgan fingerprint density at radius 2 is 2.17 bits per heavy atom. The van der Waals surface area contributed by atoms with Crippen LogP contribution < -0.4 is 0 Å². The van der Waals surface area contributed by atoms with Crippen molar-refractivity contribution in [2.45, 2.75) is 43.3 Å². The van der Waals surface area contributed by atoms with Gasteiger partial charge in [-0.1, -0.05) is 19.9 Å². The van der Waals surface area contributed by atoms with E-state index in [4.69, 9.17) is 0 Å². The monoisotopic (exact) mass is 356 g/mol. The number of nitrogens with one attached hydrogen (secondary N) is 1. The molecule has 0 saturated carbocycles. The second-order valence-corrected chi connectivity index (χ2v) is 7.04. The number of hydrogen-bond donors (Lipinski definition) is 1. The number of nitriles is 1. The maximum absolute atomic E-state index is 9.53. The molecule has 0 unspecified atom stereocenters. The van der Waals surface area contributed by atoms with Gasteiger partial charge in [-0.15, -0.1) is 21.5 Å². The number of aromatic amines is 1. The lowest BCUT2D eigenvalue weighted by Crippen LogP contribution is -2.04. The Bertz CT molecular complexity index is 863. The third kappa shape index (κ3) is 3.47. The topological polar surface area (TPSA) is 91.1 Å². The summed E-state index contributed by atoms with van der Waals surface area (Å²) >= 11 is 2.96. The van der Waals surface area contributed by atoms with Gasteiger partial charge in [-0.3, -0.25) is 5.10 Å².